The smallest absolute Gasteiger partial charge is 0.305 e. The lowest BCUT2D eigenvalue weighted by atomic mass is 10.1. The van der Waals surface area contributed by atoms with Crippen LogP contribution in [-0.4, -0.2) is 50.2 Å². The molecule has 0 aromatic carbocycles. The van der Waals surface area contributed by atoms with Crippen molar-refractivity contribution in [3.63, 3.8) is 0 Å². The Morgan fingerprint density at radius 1 is 0.955 bits per heavy atom. The second kappa shape index (κ2) is 14.0. The average molecular weight is 312 g/mol. The van der Waals surface area contributed by atoms with Crippen LogP contribution >= 0.6 is 0 Å². The van der Waals surface area contributed by atoms with Gasteiger partial charge in [-0.25, -0.2) is 0 Å². The summed E-state index contributed by atoms with van der Waals surface area (Å²) in [6.07, 6.45) is 11.7. The molecule has 22 heavy (non-hydrogen) atoms. The van der Waals surface area contributed by atoms with Crippen LogP contribution in [0, 0.1) is 0 Å². The molecule has 130 valence electrons. The molecule has 1 saturated heterocycles. The number of rotatable bonds is 13. The minimum atomic E-state index is -0.0157. The molecule has 0 saturated carbocycles. The van der Waals surface area contributed by atoms with Gasteiger partial charge in [-0.1, -0.05) is 51.9 Å². The van der Waals surface area contributed by atoms with Crippen molar-refractivity contribution in [1.29, 1.82) is 0 Å². The maximum absolute atomic E-state index is 11.6. The van der Waals surface area contributed by atoms with Gasteiger partial charge < -0.3 is 15.0 Å². The second-order valence-corrected chi connectivity index (χ2v) is 6.39. The van der Waals surface area contributed by atoms with E-state index in [-0.39, 0.29) is 5.97 Å². The molecule has 0 aromatic rings. The van der Waals surface area contributed by atoms with Crippen LogP contribution in [-0.2, 0) is 9.53 Å². The summed E-state index contributed by atoms with van der Waals surface area (Å²) >= 11 is 0. The summed E-state index contributed by atoms with van der Waals surface area (Å²) in [6, 6.07) is 0. The zero-order chi connectivity index (χ0) is 15.9. The predicted molar refractivity (Wildman–Crippen MR) is 92.1 cm³/mol. The summed E-state index contributed by atoms with van der Waals surface area (Å²) < 4.78 is 5.31. The van der Waals surface area contributed by atoms with Crippen LogP contribution in [0.3, 0.4) is 0 Å². The number of carbonyl (C=O) groups excluding carboxylic acids is 1. The third kappa shape index (κ3) is 11.0. The van der Waals surface area contributed by atoms with E-state index >= 15 is 0 Å². The monoisotopic (exact) mass is 312 g/mol. The first-order chi connectivity index (χ1) is 10.8. The lowest BCUT2D eigenvalue weighted by Crippen LogP contribution is -2.43. The SMILES string of the molecule is CCCCCCCCCCOC(=O)CCCN1CCNCC1. The molecule has 1 heterocycles. The van der Waals surface area contributed by atoms with E-state index in [0.717, 1.165) is 45.6 Å². The molecule has 0 bridgehead atoms. The number of hydrogen-bond donors (Lipinski definition) is 1. The normalized spacial score (nSPS) is 15.9. The Bertz CT molecular complexity index is 266. The highest BCUT2D eigenvalue weighted by atomic mass is 16.5. The number of nitrogens with one attached hydrogen (secondary N) is 1. The first-order valence-electron chi connectivity index (χ1n) is 9.41. The van der Waals surface area contributed by atoms with Crippen molar-refractivity contribution < 1.29 is 9.53 Å². The molecule has 0 unspecified atom stereocenters. The van der Waals surface area contributed by atoms with Gasteiger partial charge in [0.25, 0.3) is 0 Å². The molecule has 1 aliphatic rings. The summed E-state index contributed by atoms with van der Waals surface area (Å²) in [5, 5.41) is 3.34. The molecule has 4 nitrogen and oxygen atoms in total. The molecule has 1 N–H and O–H groups in total. The van der Waals surface area contributed by atoms with Crippen LogP contribution in [0.5, 0.6) is 0 Å². The summed E-state index contributed by atoms with van der Waals surface area (Å²) in [4.78, 5) is 14.1. The Kier molecular flexibility index (Phi) is 12.4. The topological polar surface area (TPSA) is 41.6 Å². The number of carbonyl (C=O) groups is 1. The van der Waals surface area contributed by atoms with Crippen LogP contribution in [0.15, 0.2) is 0 Å². The van der Waals surface area contributed by atoms with Gasteiger partial charge in [-0.05, 0) is 19.4 Å². The van der Waals surface area contributed by atoms with Crippen LogP contribution in [0.4, 0.5) is 0 Å². The third-order valence-electron chi connectivity index (χ3n) is 4.33. The summed E-state index contributed by atoms with van der Waals surface area (Å²) in [7, 11) is 0. The molecule has 0 aliphatic carbocycles. The zero-order valence-corrected chi connectivity index (χ0v) is 14.6. The minimum Gasteiger partial charge on any atom is -0.466 e. The molecule has 0 atom stereocenters. The molecule has 4 heteroatoms. The number of unbranched alkanes of at least 4 members (excludes halogenated alkanes) is 7. The predicted octanol–water partition coefficient (Wildman–Crippen LogP) is 3.36. The average Bonchev–Trinajstić information content (AvgIpc) is 2.54. The van der Waals surface area contributed by atoms with Gasteiger partial charge in [-0.3, -0.25) is 4.79 Å². The van der Waals surface area contributed by atoms with Crippen molar-refractivity contribution in [1.82, 2.24) is 10.2 Å². The Morgan fingerprint density at radius 2 is 1.59 bits per heavy atom. The van der Waals surface area contributed by atoms with Crippen molar-refractivity contribution in [2.45, 2.75) is 71.1 Å². The van der Waals surface area contributed by atoms with Crippen molar-refractivity contribution in [2.75, 3.05) is 39.3 Å². The highest BCUT2D eigenvalue weighted by molar-refractivity contribution is 5.69. The van der Waals surface area contributed by atoms with Gasteiger partial charge in [0, 0.05) is 32.6 Å². The number of ether oxygens (including phenoxy) is 1. The summed E-state index contributed by atoms with van der Waals surface area (Å²) in [6.45, 7) is 8.24. The molecule has 0 aromatic heterocycles. The summed E-state index contributed by atoms with van der Waals surface area (Å²) in [5.74, 6) is -0.0157. The van der Waals surface area contributed by atoms with E-state index in [1.54, 1.807) is 0 Å². The maximum atomic E-state index is 11.6. The third-order valence-corrected chi connectivity index (χ3v) is 4.33. The molecule has 0 spiro atoms. The highest BCUT2D eigenvalue weighted by Gasteiger charge is 2.10. The molecule has 1 aliphatic heterocycles. The van der Waals surface area contributed by atoms with Crippen LogP contribution in [0.1, 0.15) is 71.1 Å². The Labute approximate surface area is 137 Å². The van der Waals surface area contributed by atoms with Gasteiger partial charge in [0.05, 0.1) is 6.61 Å². The van der Waals surface area contributed by atoms with Gasteiger partial charge >= 0.3 is 5.97 Å². The summed E-state index contributed by atoms with van der Waals surface area (Å²) in [5.41, 5.74) is 0. The van der Waals surface area contributed by atoms with Gasteiger partial charge in [-0.2, -0.15) is 0 Å². The first kappa shape index (κ1) is 19.4. The Hall–Kier alpha value is -0.610. The van der Waals surface area contributed by atoms with Crippen molar-refractivity contribution in [3.05, 3.63) is 0 Å². The number of hydrogen-bond acceptors (Lipinski definition) is 4. The molecular formula is C18H36N2O2. The zero-order valence-electron chi connectivity index (χ0n) is 14.6. The Morgan fingerprint density at radius 3 is 2.27 bits per heavy atom. The van der Waals surface area contributed by atoms with Gasteiger partial charge in [-0.15, -0.1) is 0 Å². The maximum Gasteiger partial charge on any atom is 0.305 e. The standard InChI is InChI=1S/C18H36N2O2/c1-2-3-4-5-6-7-8-9-17-22-18(21)11-10-14-20-15-12-19-13-16-20/h19H,2-17H2,1H3. The van der Waals surface area contributed by atoms with E-state index in [4.69, 9.17) is 4.74 Å². The van der Waals surface area contributed by atoms with Crippen LogP contribution < -0.4 is 5.32 Å². The molecule has 1 rings (SSSR count). The van der Waals surface area contributed by atoms with Crippen LogP contribution in [0.2, 0.25) is 0 Å². The fourth-order valence-corrected chi connectivity index (χ4v) is 2.88. The van der Waals surface area contributed by atoms with Crippen molar-refractivity contribution in [2.24, 2.45) is 0 Å². The van der Waals surface area contributed by atoms with Gasteiger partial charge in [0.1, 0.15) is 0 Å². The highest BCUT2D eigenvalue weighted by Crippen LogP contribution is 2.08. The molecule has 0 amide bonds. The number of esters is 1. The van der Waals surface area contributed by atoms with Gasteiger partial charge in [0.2, 0.25) is 0 Å². The fraction of sp³-hybridized carbons (Fsp3) is 0.944. The van der Waals surface area contributed by atoms with Gasteiger partial charge in [0.15, 0.2) is 0 Å². The molecule has 0 radical (unpaired) electrons. The Balaban J connectivity index is 1.81. The number of piperazine rings is 1. The van der Waals surface area contributed by atoms with E-state index < -0.39 is 0 Å². The molecular weight excluding hydrogens is 276 g/mol. The fourth-order valence-electron chi connectivity index (χ4n) is 2.88. The van der Waals surface area contributed by atoms with E-state index in [1.807, 2.05) is 0 Å². The van der Waals surface area contributed by atoms with Crippen LogP contribution in [0.25, 0.3) is 0 Å². The number of nitrogens with zero attached hydrogens (tertiary/aromatic N) is 1. The molecule has 1 fully saturated rings. The quantitative estimate of drug-likeness (QED) is 0.418. The van der Waals surface area contributed by atoms with E-state index in [2.05, 4.69) is 17.1 Å². The van der Waals surface area contributed by atoms with E-state index in [1.165, 1.54) is 44.9 Å². The van der Waals surface area contributed by atoms with E-state index in [0.29, 0.717) is 13.0 Å². The van der Waals surface area contributed by atoms with Crippen molar-refractivity contribution in [3.8, 4) is 0 Å². The largest absolute Gasteiger partial charge is 0.466 e. The van der Waals surface area contributed by atoms with E-state index in [9.17, 15) is 4.79 Å². The first-order valence-corrected chi connectivity index (χ1v) is 9.41. The lowest BCUT2D eigenvalue weighted by molar-refractivity contribution is -0.143. The minimum absolute atomic E-state index is 0.0157. The lowest BCUT2D eigenvalue weighted by Gasteiger charge is -2.26. The second-order valence-electron chi connectivity index (χ2n) is 6.39. The van der Waals surface area contributed by atoms with Crippen molar-refractivity contribution >= 4 is 5.97 Å².